The summed E-state index contributed by atoms with van der Waals surface area (Å²) in [5.74, 6) is 0.825. The summed E-state index contributed by atoms with van der Waals surface area (Å²) in [5, 5.41) is 6.11. The van der Waals surface area contributed by atoms with Gasteiger partial charge in [-0.05, 0) is 55.0 Å². The minimum atomic E-state index is -0.771. The quantitative estimate of drug-likeness (QED) is 0.789. The van der Waals surface area contributed by atoms with Crippen LogP contribution in [-0.2, 0) is 11.3 Å². The van der Waals surface area contributed by atoms with Crippen molar-refractivity contribution in [2.45, 2.75) is 38.0 Å². The van der Waals surface area contributed by atoms with Gasteiger partial charge in [-0.25, -0.2) is 4.39 Å². The third-order valence-corrected chi connectivity index (χ3v) is 6.99. The third kappa shape index (κ3) is 3.52. The van der Waals surface area contributed by atoms with E-state index in [-0.39, 0.29) is 35.4 Å². The van der Waals surface area contributed by atoms with E-state index in [1.165, 1.54) is 12.1 Å². The van der Waals surface area contributed by atoms with E-state index in [9.17, 15) is 14.0 Å². The first kappa shape index (κ1) is 19.8. The molecule has 3 aliphatic carbocycles. The Morgan fingerprint density at radius 3 is 2.77 bits per heavy atom. The highest BCUT2D eigenvalue weighted by Gasteiger charge is 2.57. The van der Waals surface area contributed by atoms with Gasteiger partial charge in [-0.15, -0.1) is 0 Å². The summed E-state index contributed by atoms with van der Waals surface area (Å²) >= 11 is 0. The summed E-state index contributed by atoms with van der Waals surface area (Å²) in [4.78, 5) is 25.7. The molecule has 3 fully saturated rings. The van der Waals surface area contributed by atoms with Gasteiger partial charge >= 0.3 is 0 Å². The molecule has 2 bridgehead atoms. The first-order valence-corrected chi connectivity index (χ1v) is 10.7. The topological polar surface area (TPSA) is 76.7 Å². The minimum Gasteiger partial charge on any atom is -0.497 e. The molecule has 1 spiro atoms. The number of methoxy groups -OCH3 is 1. The zero-order valence-electron chi connectivity index (χ0n) is 17.3. The Kier molecular flexibility index (Phi) is 4.84. The van der Waals surface area contributed by atoms with E-state index in [0.717, 1.165) is 18.4 Å². The third-order valence-electron chi connectivity index (χ3n) is 6.99. The molecular formula is C24H25FN2O4. The minimum absolute atomic E-state index is 0.0121. The van der Waals surface area contributed by atoms with Gasteiger partial charge in [0, 0.05) is 30.9 Å². The van der Waals surface area contributed by atoms with Crippen LogP contribution in [0.1, 0.15) is 41.6 Å². The Bertz CT molecular complexity index is 1020. The van der Waals surface area contributed by atoms with Gasteiger partial charge < -0.3 is 20.1 Å². The van der Waals surface area contributed by atoms with Gasteiger partial charge in [0.05, 0.1) is 12.7 Å². The first-order valence-electron chi connectivity index (χ1n) is 10.7. The number of halogens is 1. The number of hydrogen-bond acceptors (Lipinski definition) is 4. The Balaban J connectivity index is 1.30. The molecule has 1 heterocycles. The first-order chi connectivity index (χ1) is 15.0. The van der Waals surface area contributed by atoms with E-state index in [1.54, 1.807) is 37.4 Å². The van der Waals surface area contributed by atoms with Gasteiger partial charge in [-0.1, -0.05) is 12.1 Å². The number of hydrogen-bond donors (Lipinski definition) is 2. The summed E-state index contributed by atoms with van der Waals surface area (Å²) in [6.07, 6.45) is 3.12. The second-order valence-corrected chi connectivity index (χ2v) is 8.73. The largest absolute Gasteiger partial charge is 0.497 e. The summed E-state index contributed by atoms with van der Waals surface area (Å²) in [5.41, 5.74) is 0.592. The zero-order chi connectivity index (χ0) is 21.6. The van der Waals surface area contributed by atoms with Crippen LogP contribution >= 0.6 is 0 Å². The van der Waals surface area contributed by atoms with Crippen molar-refractivity contribution < 1.29 is 23.5 Å². The SMILES string of the molecule is COc1ccc2c(c1)OC1(CC3CCC1CC3C(=O)NCc1ccc(F)cc1)NC2=O. The highest BCUT2D eigenvalue weighted by atomic mass is 19.1. The molecule has 2 aromatic carbocycles. The van der Waals surface area contributed by atoms with Gasteiger partial charge in [-0.2, -0.15) is 0 Å². The van der Waals surface area contributed by atoms with Crippen molar-refractivity contribution in [1.29, 1.82) is 0 Å². The van der Waals surface area contributed by atoms with Gasteiger partial charge in [0.25, 0.3) is 5.91 Å². The van der Waals surface area contributed by atoms with Crippen molar-refractivity contribution in [3.63, 3.8) is 0 Å². The average molecular weight is 424 g/mol. The lowest BCUT2D eigenvalue weighted by atomic mass is 9.60. The van der Waals surface area contributed by atoms with Crippen molar-refractivity contribution in [3.8, 4) is 11.5 Å². The summed E-state index contributed by atoms with van der Waals surface area (Å²) < 4.78 is 24.8. The van der Waals surface area contributed by atoms with E-state index in [1.807, 2.05) is 0 Å². The van der Waals surface area contributed by atoms with Gasteiger partial charge in [0.2, 0.25) is 5.91 Å². The monoisotopic (exact) mass is 424 g/mol. The van der Waals surface area contributed by atoms with E-state index in [4.69, 9.17) is 9.47 Å². The molecule has 0 radical (unpaired) electrons. The molecule has 162 valence electrons. The van der Waals surface area contributed by atoms with E-state index in [2.05, 4.69) is 10.6 Å². The lowest BCUT2D eigenvalue weighted by molar-refractivity contribution is -0.146. The van der Waals surface area contributed by atoms with Gasteiger partial charge in [0.15, 0.2) is 5.72 Å². The van der Waals surface area contributed by atoms with Gasteiger partial charge in [-0.3, -0.25) is 9.59 Å². The molecule has 31 heavy (non-hydrogen) atoms. The van der Waals surface area contributed by atoms with Crippen LogP contribution in [0.2, 0.25) is 0 Å². The predicted molar refractivity (Wildman–Crippen MR) is 111 cm³/mol. The Hall–Kier alpha value is -3.09. The van der Waals surface area contributed by atoms with Crippen LogP contribution in [0.15, 0.2) is 42.5 Å². The van der Waals surface area contributed by atoms with Crippen LogP contribution in [-0.4, -0.2) is 24.6 Å². The lowest BCUT2D eigenvalue weighted by Gasteiger charge is -2.55. The maximum atomic E-state index is 13.1. The second-order valence-electron chi connectivity index (χ2n) is 8.73. The second kappa shape index (κ2) is 7.55. The van der Waals surface area contributed by atoms with Crippen molar-refractivity contribution in [1.82, 2.24) is 10.6 Å². The maximum Gasteiger partial charge on any atom is 0.258 e. The average Bonchev–Trinajstić information content (AvgIpc) is 2.78. The van der Waals surface area contributed by atoms with Crippen molar-refractivity contribution in [2.24, 2.45) is 17.8 Å². The van der Waals surface area contributed by atoms with Crippen molar-refractivity contribution in [2.75, 3.05) is 7.11 Å². The molecule has 4 aliphatic rings. The molecule has 6 nitrogen and oxygen atoms in total. The fourth-order valence-corrected chi connectivity index (χ4v) is 5.36. The molecule has 2 N–H and O–H groups in total. The van der Waals surface area contributed by atoms with Crippen LogP contribution < -0.4 is 20.1 Å². The predicted octanol–water partition coefficient (Wildman–Crippen LogP) is 3.41. The highest BCUT2D eigenvalue weighted by Crippen LogP contribution is 2.52. The number of carbonyl (C=O) groups is 2. The normalized spacial score (nSPS) is 28.5. The van der Waals surface area contributed by atoms with Crippen LogP contribution in [0.5, 0.6) is 11.5 Å². The van der Waals surface area contributed by atoms with Crippen LogP contribution in [0.25, 0.3) is 0 Å². The maximum absolute atomic E-state index is 13.1. The molecular weight excluding hydrogens is 399 g/mol. The molecule has 3 saturated carbocycles. The molecule has 4 unspecified atom stereocenters. The smallest absolute Gasteiger partial charge is 0.258 e. The molecule has 6 rings (SSSR count). The summed E-state index contributed by atoms with van der Waals surface area (Å²) in [6, 6.07) is 11.3. The number of nitrogens with one attached hydrogen (secondary N) is 2. The highest BCUT2D eigenvalue weighted by molar-refractivity contribution is 5.98. The van der Waals surface area contributed by atoms with Crippen LogP contribution in [0.4, 0.5) is 4.39 Å². The summed E-state index contributed by atoms with van der Waals surface area (Å²) in [6.45, 7) is 0.374. The number of ether oxygens (including phenoxy) is 2. The number of benzene rings is 2. The lowest BCUT2D eigenvalue weighted by Crippen LogP contribution is -2.66. The molecule has 0 aromatic heterocycles. The standard InChI is InChI=1S/C24H25FN2O4/c1-30-18-8-9-19-21(11-18)31-24(27-23(19)29)12-15-4-5-16(24)10-20(15)22(28)26-13-14-2-6-17(25)7-3-14/h2-3,6-9,11,15-16,20H,4-5,10,12-13H2,1H3,(H,26,28)(H,27,29). The van der Waals surface area contributed by atoms with E-state index >= 15 is 0 Å². The number of rotatable bonds is 4. The molecule has 1 aliphatic heterocycles. The van der Waals surface area contributed by atoms with Gasteiger partial charge in [0.1, 0.15) is 17.3 Å². The zero-order valence-corrected chi connectivity index (χ0v) is 17.3. The Morgan fingerprint density at radius 1 is 1.26 bits per heavy atom. The fraction of sp³-hybridized carbons (Fsp3) is 0.417. The molecule has 7 heteroatoms. The molecule has 4 atom stereocenters. The Labute approximate surface area is 180 Å². The van der Waals surface area contributed by atoms with E-state index < -0.39 is 5.72 Å². The van der Waals surface area contributed by atoms with Crippen LogP contribution in [0, 0.1) is 23.6 Å². The Morgan fingerprint density at radius 2 is 2.06 bits per heavy atom. The molecule has 2 amide bonds. The number of carbonyl (C=O) groups excluding carboxylic acids is 2. The van der Waals surface area contributed by atoms with Crippen LogP contribution in [0.3, 0.4) is 0 Å². The fourth-order valence-electron chi connectivity index (χ4n) is 5.36. The van der Waals surface area contributed by atoms with E-state index in [0.29, 0.717) is 36.4 Å². The van der Waals surface area contributed by atoms with Crippen molar-refractivity contribution in [3.05, 3.63) is 59.4 Å². The number of fused-ring (bicyclic) bond motifs is 3. The van der Waals surface area contributed by atoms with Crippen molar-refractivity contribution >= 4 is 11.8 Å². The molecule has 2 aromatic rings. The number of amides is 2. The summed E-state index contributed by atoms with van der Waals surface area (Å²) in [7, 11) is 1.58. The molecule has 0 saturated heterocycles.